The van der Waals surface area contributed by atoms with E-state index in [4.69, 9.17) is 4.99 Å². The van der Waals surface area contributed by atoms with E-state index in [0.717, 1.165) is 5.92 Å². The van der Waals surface area contributed by atoms with Crippen LogP contribution in [-0.2, 0) is 0 Å². The van der Waals surface area contributed by atoms with Crippen molar-refractivity contribution in [1.82, 2.24) is 0 Å². The molecule has 0 bridgehead atoms. The van der Waals surface area contributed by atoms with E-state index in [-0.39, 0.29) is 5.54 Å². The molecule has 2 aliphatic rings. The molecule has 0 spiro atoms. The Morgan fingerprint density at radius 1 is 1.27 bits per heavy atom. The van der Waals surface area contributed by atoms with Gasteiger partial charge in [0.25, 0.3) is 0 Å². The fraction of sp³-hybridized carbons (Fsp3) is 0.500. The third-order valence-corrected chi connectivity index (χ3v) is 4.05. The highest BCUT2D eigenvalue weighted by atomic mass is 14.9. The van der Waals surface area contributed by atoms with Crippen LogP contribution in [-0.4, -0.2) is 11.3 Å². The first kappa shape index (κ1) is 9.14. The Bertz CT molecular complexity index is 393. The van der Waals surface area contributed by atoms with Gasteiger partial charge in [0.1, 0.15) is 0 Å². The average Bonchev–Trinajstić information content (AvgIpc) is 2.74. The molecule has 0 amide bonds. The molecule has 0 saturated heterocycles. The summed E-state index contributed by atoms with van der Waals surface area (Å²) in [6, 6.07) is 10.6. The molecule has 78 valence electrons. The van der Waals surface area contributed by atoms with Gasteiger partial charge in [0, 0.05) is 5.71 Å². The van der Waals surface area contributed by atoms with E-state index in [9.17, 15) is 0 Å². The van der Waals surface area contributed by atoms with Crippen LogP contribution in [0.3, 0.4) is 0 Å². The van der Waals surface area contributed by atoms with Gasteiger partial charge in [-0.25, -0.2) is 0 Å². The van der Waals surface area contributed by atoms with Crippen LogP contribution < -0.4 is 0 Å². The van der Waals surface area contributed by atoms with Crippen molar-refractivity contribution < 1.29 is 0 Å². The third-order valence-electron chi connectivity index (χ3n) is 4.05. The summed E-state index contributed by atoms with van der Waals surface area (Å²) in [6.45, 7) is 2.33. The Morgan fingerprint density at radius 3 is 2.80 bits per heavy atom. The van der Waals surface area contributed by atoms with Gasteiger partial charge < -0.3 is 0 Å². The summed E-state index contributed by atoms with van der Waals surface area (Å²) >= 11 is 0. The van der Waals surface area contributed by atoms with Gasteiger partial charge in [0.05, 0.1) is 5.54 Å². The minimum Gasteiger partial charge on any atom is -0.282 e. The summed E-state index contributed by atoms with van der Waals surface area (Å²) in [6.07, 6.45) is 5.22. The zero-order chi connectivity index (χ0) is 10.3. The van der Waals surface area contributed by atoms with Crippen LogP contribution in [0.25, 0.3) is 0 Å². The van der Waals surface area contributed by atoms with Crippen LogP contribution in [0.4, 0.5) is 0 Å². The van der Waals surface area contributed by atoms with E-state index in [0.29, 0.717) is 0 Å². The summed E-state index contributed by atoms with van der Waals surface area (Å²) in [5.74, 6) is 0.813. The second-order valence-corrected chi connectivity index (χ2v) is 5.07. The molecule has 1 saturated carbocycles. The molecule has 0 N–H and O–H groups in total. The average molecular weight is 199 g/mol. The van der Waals surface area contributed by atoms with Crippen molar-refractivity contribution in [3.8, 4) is 0 Å². The van der Waals surface area contributed by atoms with Gasteiger partial charge in [-0.2, -0.15) is 0 Å². The molecule has 2 unspecified atom stereocenters. The topological polar surface area (TPSA) is 12.4 Å². The van der Waals surface area contributed by atoms with Crippen molar-refractivity contribution in [3.63, 3.8) is 0 Å². The molecule has 1 aromatic rings. The molecule has 1 aliphatic heterocycles. The highest BCUT2D eigenvalue weighted by molar-refractivity contribution is 6.02. The second-order valence-electron chi connectivity index (χ2n) is 5.07. The normalized spacial score (nSPS) is 33.9. The van der Waals surface area contributed by atoms with E-state index < -0.39 is 0 Å². The lowest BCUT2D eigenvalue weighted by Gasteiger charge is -2.19. The Kier molecular flexibility index (Phi) is 1.95. The zero-order valence-corrected chi connectivity index (χ0v) is 9.24. The van der Waals surface area contributed by atoms with Gasteiger partial charge in [-0.15, -0.1) is 0 Å². The SMILES string of the molecule is CC12CCCC1CC(c1ccccc1)=N2. The minimum atomic E-state index is 0.269. The molecular weight excluding hydrogens is 182 g/mol. The molecule has 1 aromatic carbocycles. The van der Waals surface area contributed by atoms with Crippen LogP contribution >= 0.6 is 0 Å². The Labute approximate surface area is 91.2 Å². The second kappa shape index (κ2) is 3.19. The zero-order valence-electron chi connectivity index (χ0n) is 9.24. The molecule has 1 aliphatic carbocycles. The van der Waals surface area contributed by atoms with Gasteiger partial charge in [0.2, 0.25) is 0 Å². The monoisotopic (exact) mass is 199 g/mol. The number of fused-ring (bicyclic) bond motifs is 1. The van der Waals surface area contributed by atoms with Gasteiger partial charge in [-0.05, 0) is 37.7 Å². The van der Waals surface area contributed by atoms with Gasteiger partial charge in [-0.3, -0.25) is 4.99 Å². The van der Waals surface area contributed by atoms with E-state index in [1.54, 1.807) is 0 Å². The highest BCUT2D eigenvalue weighted by Crippen LogP contribution is 2.45. The van der Waals surface area contributed by atoms with E-state index in [1.165, 1.54) is 37.0 Å². The minimum absolute atomic E-state index is 0.269. The molecule has 1 heterocycles. The molecule has 1 fully saturated rings. The maximum absolute atomic E-state index is 4.97. The fourth-order valence-electron chi connectivity index (χ4n) is 3.09. The van der Waals surface area contributed by atoms with Crippen molar-refractivity contribution in [2.75, 3.05) is 0 Å². The van der Waals surface area contributed by atoms with E-state index in [1.807, 2.05) is 0 Å². The van der Waals surface area contributed by atoms with Crippen molar-refractivity contribution in [3.05, 3.63) is 35.9 Å². The Hall–Kier alpha value is -1.11. The molecule has 15 heavy (non-hydrogen) atoms. The first-order valence-electron chi connectivity index (χ1n) is 5.92. The lowest BCUT2D eigenvalue weighted by atomic mass is 9.89. The van der Waals surface area contributed by atoms with Gasteiger partial charge in [-0.1, -0.05) is 36.8 Å². The largest absolute Gasteiger partial charge is 0.282 e. The van der Waals surface area contributed by atoms with Crippen LogP contribution in [0, 0.1) is 5.92 Å². The van der Waals surface area contributed by atoms with Crippen LogP contribution in [0.5, 0.6) is 0 Å². The number of hydrogen-bond donors (Lipinski definition) is 0. The smallest absolute Gasteiger partial charge is 0.0615 e. The third kappa shape index (κ3) is 1.41. The predicted molar refractivity (Wildman–Crippen MR) is 63.3 cm³/mol. The summed E-state index contributed by atoms with van der Waals surface area (Å²) in [4.78, 5) is 4.97. The number of aliphatic imine (C=N–C) groups is 1. The molecular formula is C14H17N. The first-order chi connectivity index (χ1) is 7.28. The summed E-state index contributed by atoms with van der Waals surface area (Å²) in [7, 11) is 0. The molecule has 1 nitrogen and oxygen atoms in total. The number of benzene rings is 1. The van der Waals surface area contributed by atoms with Crippen molar-refractivity contribution in [2.45, 2.75) is 38.1 Å². The summed E-state index contributed by atoms with van der Waals surface area (Å²) in [5, 5.41) is 0. The van der Waals surface area contributed by atoms with Crippen molar-refractivity contribution >= 4 is 5.71 Å². The van der Waals surface area contributed by atoms with E-state index in [2.05, 4.69) is 37.3 Å². The molecule has 3 rings (SSSR count). The maximum atomic E-state index is 4.97. The molecule has 2 atom stereocenters. The van der Waals surface area contributed by atoms with Crippen LogP contribution in [0.1, 0.15) is 38.2 Å². The van der Waals surface area contributed by atoms with Crippen molar-refractivity contribution in [1.29, 1.82) is 0 Å². The Morgan fingerprint density at radius 2 is 2.07 bits per heavy atom. The maximum Gasteiger partial charge on any atom is 0.0615 e. The number of hydrogen-bond acceptors (Lipinski definition) is 1. The summed E-state index contributed by atoms with van der Waals surface area (Å²) < 4.78 is 0. The van der Waals surface area contributed by atoms with Crippen molar-refractivity contribution in [2.24, 2.45) is 10.9 Å². The lowest BCUT2D eigenvalue weighted by molar-refractivity contribution is 0.387. The Balaban J connectivity index is 1.95. The van der Waals surface area contributed by atoms with Gasteiger partial charge >= 0.3 is 0 Å². The fourth-order valence-corrected chi connectivity index (χ4v) is 3.09. The summed E-state index contributed by atoms with van der Waals surface area (Å²) in [5.41, 5.74) is 2.93. The molecule has 0 aromatic heterocycles. The standard InChI is InChI=1S/C14H17N/c1-14-9-5-8-12(14)10-13(15-14)11-6-3-2-4-7-11/h2-4,6-7,12H,5,8-10H2,1H3. The lowest BCUT2D eigenvalue weighted by Crippen LogP contribution is -2.21. The highest BCUT2D eigenvalue weighted by Gasteiger charge is 2.43. The van der Waals surface area contributed by atoms with Crippen LogP contribution in [0.15, 0.2) is 35.3 Å². The van der Waals surface area contributed by atoms with Crippen LogP contribution in [0.2, 0.25) is 0 Å². The quantitative estimate of drug-likeness (QED) is 0.657. The van der Waals surface area contributed by atoms with E-state index >= 15 is 0 Å². The van der Waals surface area contributed by atoms with Gasteiger partial charge in [0.15, 0.2) is 0 Å². The predicted octanol–water partition coefficient (Wildman–Crippen LogP) is 3.44. The molecule has 1 heteroatoms. The molecule has 0 radical (unpaired) electrons. The number of nitrogens with zero attached hydrogens (tertiary/aromatic N) is 1. The first-order valence-corrected chi connectivity index (χ1v) is 5.92. The number of rotatable bonds is 1.